The molecule has 168 valence electrons. The number of benzene rings is 2. The molecule has 2 aromatic rings. The van der Waals surface area contributed by atoms with Crippen LogP contribution in [0.2, 0.25) is 0 Å². The molecule has 0 atom stereocenters. The summed E-state index contributed by atoms with van der Waals surface area (Å²) < 4.78 is 25.0. The maximum Gasteiger partial charge on any atom is 0.261 e. The summed E-state index contributed by atoms with van der Waals surface area (Å²) in [5.41, 5.74) is 1.90. The number of hydrogen-bond donors (Lipinski definition) is 1. The summed E-state index contributed by atoms with van der Waals surface area (Å²) in [4.78, 5) is 41.3. The molecule has 0 aliphatic carbocycles. The van der Waals surface area contributed by atoms with Gasteiger partial charge in [0.25, 0.3) is 11.8 Å². The summed E-state index contributed by atoms with van der Waals surface area (Å²) >= 11 is 0. The van der Waals surface area contributed by atoms with Crippen LogP contribution in [0.5, 0.6) is 0 Å². The van der Waals surface area contributed by atoms with Gasteiger partial charge in [0.05, 0.1) is 17.4 Å². The van der Waals surface area contributed by atoms with Gasteiger partial charge in [-0.05, 0) is 62.3 Å². The molecule has 0 unspecified atom stereocenters. The molecule has 1 N–H and O–H groups in total. The van der Waals surface area contributed by atoms with E-state index >= 15 is 0 Å². The molecule has 2 aliphatic heterocycles. The number of nitrogens with zero attached hydrogens (tertiary/aromatic N) is 2. The predicted octanol–water partition coefficient (Wildman–Crippen LogP) is 2.25. The van der Waals surface area contributed by atoms with Crippen LogP contribution in [-0.2, 0) is 10.0 Å². The third-order valence-electron chi connectivity index (χ3n) is 5.95. The summed E-state index contributed by atoms with van der Waals surface area (Å²) in [6.45, 7) is 2.35. The van der Waals surface area contributed by atoms with Gasteiger partial charge in [-0.2, -0.15) is 0 Å². The normalized spacial score (nSPS) is 17.5. The highest BCUT2D eigenvalue weighted by Gasteiger charge is 2.35. The third kappa shape index (κ3) is 4.73. The first kappa shape index (κ1) is 22.2. The van der Waals surface area contributed by atoms with Crippen molar-refractivity contribution in [2.45, 2.75) is 12.8 Å². The van der Waals surface area contributed by atoms with Gasteiger partial charge in [-0.25, -0.2) is 8.42 Å². The van der Waals surface area contributed by atoms with Gasteiger partial charge in [-0.1, -0.05) is 12.1 Å². The Balaban J connectivity index is 1.28. The highest BCUT2D eigenvalue weighted by molar-refractivity contribution is 7.92. The van der Waals surface area contributed by atoms with Crippen LogP contribution in [0.15, 0.2) is 48.5 Å². The Morgan fingerprint density at radius 3 is 2.03 bits per heavy atom. The lowest BCUT2D eigenvalue weighted by molar-refractivity contribution is 0.0624. The molecule has 32 heavy (non-hydrogen) atoms. The zero-order valence-corrected chi connectivity index (χ0v) is 18.6. The van der Waals surface area contributed by atoms with Crippen molar-refractivity contribution >= 4 is 33.3 Å². The molecule has 0 saturated carbocycles. The van der Waals surface area contributed by atoms with Crippen LogP contribution in [0.3, 0.4) is 0 Å². The highest BCUT2D eigenvalue weighted by atomic mass is 32.2. The molecule has 2 amide bonds. The number of hydrogen-bond acceptors (Lipinski definition) is 6. The molecule has 0 bridgehead atoms. The Bertz CT molecular complexity index is 1120. The van der Waals surface area contributed by atoms with E-state index in [4.69, 9.17) is 0 Å². The SMILES string of the molecule is CS(=O)(=O)Nc1ccc(C(=O)C2CCN(CCN3C(=O)c4ccccc4C3=O)CC2)cc1. The van der Waals surface area contributed by atoms with E-state index in [2.05, 4.69) is 9.62 Å². The van der Waals surface area contributed by atoms with Crippen LogP contribution in [-0.4, -0.2) is 68.3 Å². The topological polar surface area (TPSA) is 104 Å². The van der Waals surface area contributed by atoms with Crippen molar-refractivity contribution in [2.24, 2.45) is 5.92 Å². The molecule has 0 aromatic heterocycles. The van der Waals surface area contributed by atoms with Crippen LogP contribution in [0.1, 0.15) is 43.9 Å². The van der Waals surface area contributed by atoms with Crippen LogP contribution in [0.4, 0.5) is 5.69 Å². The number of amides is 2. The van der Waals surface area contributed by atoms with Crippen molar-refractivity contribution in [1.29, 1.82) is 0 Å². The molecule has 2 aromatic carbocycles. The fourth-order valence-corrected chi connectivity index (χ4v) is 4.82. The summed E-state index contributed by atoms with van der Waals surface area (Å²) in [6, 6.07) is 13.3. The Morgan fingerprint density at radius 1 is 0.938 bits per heavy atom. The van der Waals surface area contributed by atoms with E-state index in [0.717, 1.165) is 6.26 Å². The Morgan fingerprint density at radius 2 is 1.50 bits per heavy atom. The fraction of sp³-hybridized carbons (Fsp3) is 0.348. The predicted molar refractivity (Wildman–Crippen MR) is 120 cm³/mol. The van der Waals surface area contributed by atoms with Gasteiger partial charge < -0.3 is 4.90 Å². The molecule has 0 radical (unpaired) electrons. The van der Waals surface area contributed by atoms with E-state index in [1.807, 2.05) is 0 Å². The van der Waals surface area contributed by atoms with E-state index in [9.17, 15) is 22.8 Å². The van der Waals surface area contributed by atoms with Crippen LogP contribution in [0.25, 0.3) is 0 Å². The average molecular weight is 456 g/mol. The third-order valence-corrected chi connectivity index (χ3v) is 6.56. The number of sulfonamides is 1. The number of imide groups is 1. The average Bonchev–Trinajstić information content (AvgIpc) is 3.02. The zero-order valence-electron chi connectivity index (χ0n) is 17.8. The van der Waals surface area contributed by atoms with Crippen molar-refractivity contribution in [3.05, 3.63) is 65.2 Å². The number of fused-ring (bicyclic) bond motifs is 1. The monoisotopic (exact) mass is 455 g/mol. The fourth-order valence-electron chi connectivity index (χ4n) is 4.25. The molecular weight excluding hydrogens is 430 g/mol. The van der Waals surface area contributed by atoms with Gasteiger partial charge in [0.2, 0.25) is 10.0 Å². The van der Waals surface area contributed by atoms with E-state index in [0.29, 0.717) is 61.4 Å². The maximum absolute atomic E-state index is 12.8. The van der Waals surface area contributed by atoms with Gasteiger partial charge >= 0.3 is 0 Å². The quantitative estimate of drug-likeness (QED) is 0.507. The van der Waals surface area contributed by atoms with Gasteiger partial charge in [0.1, 0.15) is 0 Å². The maximum atomic E-state index is 12.8. The molecule has 4 rings (SSSR count). The van der Waals surface area contributed by atoms with Crippen LogP contribution < -0.4 is 4.72 Å². The standard InChI is InChI=1S/C23H25N3O5S/c1-32(30,31)24-18-8-6-16(7-9-18)21(27)17-10-12-25(13-11-17)14-15-26-22(28)19-4-2-3-5-20(19)23(26)29/h2-9,17,24H,10-15H2,1H3. The Kier molecular flexibility index (Phi) is 6.12. The van der Waals surface area contributed by atoms with Gasteiger partial charge in [-0.3, -0.25) is 24.0 Å². The zero-order chi connectivity index (χ0) is 22.9. The number of Topliss-reactive ketones (excluding diaryl/α,β-unsaturated/α-hetero) is 1. The number of carbonyl (C=O) groups is 3. The largest absolute Gasteiger partial charge is 0.302 e. The Hall–Kier alpha value is -3.04. The van der Waals surface area contributed by atoms with E-state index in [1.54, 1.807) is 48.5 Å². The second-order valence-corrected chi connectivity index (χ2v) is 9.99. The number of rotatable bonds is 7. The van der Waals surface area contributed by atoms with Crippen molar-refractivity contribution < 1.29 is 22.8 Å². The molecule has 1 fully saturated rings. The van der Waals surface area contributed by atoms with Crippen molar-refractivity contribution in [1.82, 2.24) is 9.80 Å². The van der Waals surface area contributed by atoms with E-state index < -0.39 is 10.0 Å². The molecule has 1 saturated heterocycles. The minimum absolute atomic E-state index is 0.0518. The molecule has 9 heteroatoms. The summed E-state index contributed by atoms with van der Waals surface area (Å²) in [5, 5.41) is 0. The first-order valence-corrected chi connectivity index (χ1v) is 12.4. The van der Waals surface area contributed by atoms with Crippen molar-refractivity contribution in [3.63, 3.8) is 0 Å². The van der Waals surface area contributed by atoms with E-state index in [-0.39, 0.29) is 23.5 Å². The highest BCUT2D eigenvalue weighted by Crippen LogP contribution is 2.25. The van der Waals surface area contributed by atoms with Gasteiger partial charge in [0, 0.05) is 30.3 Å². The molecular formula is C23H25N3O5S. The first-order valence-electron chi connectivity index (χ1n) is 10.5. The second kappa shape index (κ2) is 8.84. The van der Waals surface area contributed by atoms with Crippen LogP contribution >= 0.6 is 0 Å². The number of nitrogens with one attached hydrogen (secondary N) is 1. The van der Waals surface area contributed by atoms with Gasteiger partial charge in [0.15, 0.2) is 5.78 Å². The minimum atomic E-state index is -3.36. The minimum Gasteiger partial charge on any atom is -0.302 e. The smallest absolute Gasteiger partial charge is 0.261 e. The molecule has 2 heterocycles. The number of piperidine rings is 1. The van der Waals surface area contributed by atoms with Gasteiger partial charge in [-0.15, -0.1) is 0 Å². The van der Waals surface area contributed by atoms with Crippen molar-refractivity contribution in [3.8, 4) is 0 Å². The van der Waals surface area contributed by atoms with E-state index in [1.165, 1.54) is 4.90 Å². The molecule has 0 spiro atoms. The molecule has 2 aliphatic rings. The number of anilines is 1. The summed E-state index contributed by atoms with van der Waals surface area (Å²) in [5.74, 6) is -0.538. The first-order chi connectivity index (χ1) is 15.2. The Labute approximate surface area is 187 Å². The summed E-state index contributed by atoms with van der Waals surface area (Å²) in [7, 11) is -3.36. The molecule has 8 nitrogen and oxygen atoms in total. The lowest BCUT2D eigenvalue weighted by Crippen LogP contribution is -2.42. The number of ketones is 1. The lowest BCUT2D eigenvalue weighted by atomic mass is 9.89. The second-order valence-electron chi connectivity index (χ2n) is 8.24. The van der Waals surface area contributed by atoms with Crippen molar-refractivity contribution in [2.75, 3.05) is 37.2 Å². The number of likely N-dealkylation sites (tertiary alicyclic amines) is 1. The number of carbonyl (C=O) groups excluding carboxylic acids is 3. The van der Waals surface area contributed by atoms with Crippen LogP contribution in [0, 0.1) is 5.92 Å². The lowest BCUT2D eigenvalue weighted by Gasteiger charge is -2.32. The summed E-state index contributed by atoms with van der Waals surface area (Å²) in [6.07, 6.45) is 2.48.